The summed E-state index contributed by atoms with van der Waals surface area (Å²) in [6, 6.07) is 10.3. The molecular formula is C13H8F2N2. The van der Waals surface area contributed by atoms with Crippen molar-refractivity contribution < 1.29 is 8.78 Å². The lowest BCUT2D eigenvalue weighted by atomic mass is 10.0. The van der Waals surface area contributed by atoms with Gasteiger partial charge in [-0.1, -0.05) is 6.07 Å². The maximum Gasteiger partial charge on any atom is 0.213 e. The second kappa shape index (κ2) is 4.71. The lowest BCUT2D eigenvalue weighted by molar-refractivity contribution is 0.584. The molecule has 0 aliphatic carbocycles. The van der Waals surface area contributed by atoms with Gasteiger partial charge in [-0.3, -0.25) is 0 Å². The molecule has 0 aliphatic heterocycles. The Morgan fingerprint density at radius 1 is 1.06 bits per heavy atom. The fraction of sp³-hybridized carbons (Fsp3) is 0.0769. The van der Waals surface area contributed by atoms with Gasteiger partial charge in [0, 0.05) is 5.56 Å². The Balaban J connectivity index is 2.53. The van der Waals surface area contributed by atoms with Crippen LogP contribution >= 0.6 is 0 Å². The van der Waals surface area contributed by atoms with Crippen molar-refractivity contribution in [3.8, 4) is 17.3 Å². The van der Waals surface area contributed by atoms with E-state index in [1.165, 1.54) is 36.4 Å². The maximum absolute atomic E-state index is 13.1. The van der Waals surface area contributed by atoms with Crippen LogP contribution in [0.3, 0.4) is 0 Å². The van der Waals surface area contributed by atoms with Gasteiger partial charge < -0.3 is 0 Å². The third kappa shape index (κ3) is 2.45. The van der Waals surface area contributed by atoms with Crippen molar-refractivity contribution in [1.82, 2.24) is 4.98 Å². The number of nitrogens with zero attached hydrogens (tertiary/aromatic N) is 2. The number of halogens is 2. The molecule has 0 amide bonds. The van der Waals surface area contributed by atoms with E-state index in [4.69, 9.17) is 5.26 Å². The van der Waals surface area contributed by atoms with Gasteiger partial charge in [-0.2, -0.15) is 9.65 Å². The van der Waals surface area contributed by atoms with Gasteiger partial charge in [0.05, 0.1) is 18.2 Å². The molecule has 1 heterocycles. The van der Waals surface area contributed by atoms with Gasteiger partial charge in [0.15, 0.2) is 0 Å². The Morgan fingerprint density at radius 3 is 2.41 bits per heavy atom. The number of nitriles is 1. The number of benzene rings is 1. The van der Waals surface area contributed by atoms with Crippen molar-refractivity contribution in [3.63, 3.8) is 0 Å². The average Bonchev–Trinajstić information content (AvgIpc) is 2.33. The molecule has 0 saturated heterocycles. The van der Waals surface area contributed by atoms with Crippen LogP contribution in [-0.4, -0.2) is 4.98 Å². The van der Waals surface area contributed by atoms with Crippen LogP contribution in [0, 0.1) is 23.1 Å². The smallest absolute Gasteiger partial charge is 0.213 e. The predicted octanol–water partition coefficient (Wildman–Crippen LogP) is 3.09. The summed E-state index contributed by atoms with van der Waals surface area (Å²) in [5.41, 5.74) is 1.60. The van der Waals surface area contributed by atoms with Crippen LogP contribution in [0.5, 0.6) is 0 Å². The quantitative estimate of drug-likeness (QED) is 0.743. The molecule has 0 N–H and O–H groups in total. The summed E-state index contributed by atoms with van der Waals surface area (Å²) in [5, 5.41) is 8.67. The van der Waals surface area contributed by atoms with Crippen LogP contribution in [0.25, 0.3) is 11.3 Å². The van der Waals surface area contributed by atoms with E-state index >= 15 is 0 Å². The van der Waals surface area contributed by atoms with Gasteiger partial charge in [-0.15, -0.1) is 0 Å². The SMILES string of the molecule is N#CCc1ccc(F)nc1-c1ccc(F)cc1. The molecule has 2 aromatic rings. The number of pyridine rings is 1. The molecule has 1 aromatic carbocycles. The van der Waals surface area contributed by atoms with E-state index in [2.05, 4.69) is 4.98 Å². The second-order valence-electron chi connectivity index (χ2n) is 3.48. The predicted molar refractivity (Wildman–Crippen MR) is 58.9 cm³/mol. The van der Waals surface area contributed by atoms with E-state index in [9.17, 15) is 8.78 Å². The normalized spacial score (nSPS) is 9.94. The molecule has 4 heteroatoms. The number of hydrogen-bond acceptors (Lipinski definition) is 2. The summed E-state index contributed by atoms with van der Waals surface area (Å²) in [6.45, 7) is 0. The van der Waals surface area contributed by atoms with Crippen molar-refractivity contribution in [2.45, 2.75) is 6.42 Å². The minimum absolute atomic E-state index is 0.139. The molecule has 17 heavy (non-hydrogen) atoms. The largest absolute Gasteiger partial charge is 0.219 e. The zero-order valence-corrected chi connectivity index (χ0v) is 8.82. The van der Waals surface area contributed by atoms with Gasteiger partial charge in [0.2, 0.25) is 5.95 Å². The third-order valence-corrected chi connectivity index (χ3v) is 2.33. The van der Waals surface area contributed by atoms with Crippen LogP contribution < -0.4 is 0 Å². The van der Waals surface area contributed by atoms with E-state index < -0.39 is 5.95 Å². The lowest BCUT2D eigenvalue weighted by Crippen LogP contribution is -1.95. The molecular weight excluding hydrogens is 222 g/mol. The maximum atomic E-state index is 13.1. The van der Waals surface area contributed by atoms with Crippen molar-refractivity contribution >= 4 is 0 Å². The van der Waals surface area contributed by atoms with Crippen molar-refractivity contribution in [1.29, 1.82) is 5.26 Å². The van der Waals surface area contributed by atoms with E-state index in [-0.39, 0.29) is 12.2 Å². The highest BCUT2D eigenvalue weighted by Gasteiger charge is 2.08. The van der Waals surface area contributed by atoms with E-state index in [0.717, 1.165) is 0 Å². The van der Waals surface area contributed by atoms with Gasteiger partial charge >= 0.3 is 0 Å². The second-order valence-corrected chi connectivity index (χ2v) is 3.48. The van der Waals surface area contributed by atoms with Gasteiger partial charge in [0.25, 0.3) is 0 Å². The van der Waals surface area contributed by atoms with Crippen molar-refractivity contribution in [2.24, 2.45) is 0 Å². The molecule has 0 saturated carbocycles. The first-order chi connectivity index (χ1) is 8.20. The highest BCUT2D eigenvalue weighted by atomic mass is 19.1. The monoisotopic (exact) mass is 230 g/mol. The minimum Gasteiger partial charge on any atom is -0.219 e. The molecule has 0 spiro atoms. The van der Waals surface area contributed by atoms with Crippen LogP contribution in [0.2, 0.25) is 0 Å². The Labute approximate surface area is 97.2 Å². The summed E-state index contributed by atoms with van der Waals surface area (Å²) in [4.78, 5) is 3.75. The van der Waals surface area contributed by atoms with Crippen LogP contribution in [0.15, 0.2) is 36.4 Å². The number of rotatable bonds is 2. The Hall–Kier alpha value is -2.28. The first-order valence-electron chi connectivity index (χ1n) is 4.99. The van der Waals surface area contributed by atoms with E-state index in [1.54, 1.807) is 0 Å². The summed E-state index contributed by atoms with van der Waals surface area (Å²) in [6.07, 6.45) is 0.139. The highest BCUT2D eigenvalue weighted by Crippen LogP contribution is 2.22. The number of hydrogen-bond donors (Lipinski definition) is 0. The van der Waals surface area contributed by atoms with Crippen LogP contribution in [0.1, 0.15) is 5.56 Å². The average molecular weight is 230 g/mol. The van der Waals surface area contributed by atoms with Gasteiger partial charge in [0.1, 0.15) is 5.82 Å². The first kappa shape index (κ1) is 11.2. The molecule has 1 aromatic heterocycles. The number of aromatic nitrogens is 1. The fourth-order valence-electron chi connectivity index (χ4n) is 1.55. The first-order valence-corrected chi connectivity index (χ1v) is 4.99. The Kier molecular flexibility index (Phi) is 3.10. The van der Waals surface area contributed by atoms with Crippen molar-refractivity contribution in [2.75, 3.05) is 0 Å². The van der Waals surface area contributed by atoms with Gasteiger partial charge in [-0.25, -0.2) is 9.37 Å². The molecule has 84 valence electrons. The zero-order chi connectivity index (χ0) is 12.3. The summed E-state index contributed by atoms with van der Waals surface area (Å²) in [7, 11) is 0. The Morgan fingerprint density at radius 2 is 1.76 bits per heavy atom. The molecule has 0 radical (unpaired) electrons. The molecule has 0 fully saturated rings. The molecule has 2 nitrogen and oxygen atoms in total. The Bertz CT molecular complexity index is 571. The molecule has 2 rings (SSSR count). The third-order valence-electron chi connectivity index (χ3n) is 2.33. The standard InChI is InChI=1S/C13H8F2N2/c14-11-4-1-9(2-5-11)13-10(7-8-16)3-6-12(15)17-13/h1-6H,7H2. The van der Waals surface area contributed by atoms with Gasteiger partial charge in [-0.05, 0) is 35.9 Å². The van der Waals surface area contributed by atoms with Crippen molar-refractivity contribution in [3.05, 3.63) is 53.7 Å². The molecule has 0 unspecified atom stereocenters. The van der Waals surface area contributed by atoms with E-state index in [0.29, 0.717) is 16.8 Å². The summed E-state index contributed by atoms with van der Waals surface area (Å²) in [5.74, 6) is -0.988. The molecule has 0 aliphatic rings. The van der Waals surface area contributed by atoms with E-state index in [1.807, 2.05) is 6.07 Å². The van der Waals surface area contributed by atoms with Crippen LogP contribution in [0.4, 0.5) is 8.78 Å². The molecule has 0 bridgehead atoms. The lowest BCUT2D eigenvalue weighted by Gasteiger charge is -2.06. The summed E-state index contributed by atoms with van der Waals surface area (Å²) < 4.78 is 25.9. The minimum atomic E-state index is -0.619. The molecule has 0 atom stereocenters. The summed E-state index contributed by atoms with van der Waals surface area (Å²) >= 11 is 0. The zero-order valence-electron chi connectivity index (χ0n) is 8.82. The topological polar surface area (TPSA) is 36.7 Å². The van der Waals surface area contributed by atoms with Crippen LogP contribution in [-0.2, 0) is 6.42 Å². The highest BCUT2D eigenvalue weighted by molar-refractivity contribution is 5.63. The fourth-order valence-corrected chi connectivity index (χ4v) is 1.55.